The van der Waals surface area contributed by atoms with Gasteiger partial charge in [-0.1, -0.05) is 31.2 Å². The molecule has 0 radical (unpaired) electrons. The van der Waals surface area contributed by atoms with E-state index in [1.807, 2.05) is 24.3 Å². The van der Waals surface area contributed by atoms with E-state index in [9.17, 15) is 4.79 Å². The highest BCUT2D eigenvalue weighted by molar-refractivity contribution is 5.70. The van der Waals surface area contributed by atoms with E-state index in [0.717, 1.165) is 6.42 Å². The molecule has 0 saturated heterocycles. The van der Waals surface area contributed by atoms with Crippen LogP contribution in [0.3, 0.4) is 0 Å². The Bertz CT molecular complexity index is 204. The van der Waals surface area contributed by atoms with Gasteiger partial charge in [0.05, 0.1) is 5.92 Å². The lowest BCUT2D eigenvalue weighted by atomic mass is 9.88. The third kappa shape index (κ3) is 1.93. The zero-order valence-electron chi connectivity index (χ0n) is 6.53. The maximum absolute atomic E-state index is 10.5. The van der Waals surface area contributed by atoms with Crippen LogP contribution in [0, 0.1) is 11.8 Å². The van der Waals surface area contributed by atoms with E-state index in [4.69, 9.17) is 5.11 Å². The van der Waals surface area contributed by atoms with Crippen LogP contribution in [-0.2, 0) is 4.79 Å². The Morgan fingerprint density at radius 2 is 2.36 bits per heavy atom. The number of hydrogen-bond donors (Lipinski definition) is 1. The van der Waals surface area contributed by atoms with Gasteiger partial charge in [0.2, 0.25) is 0 Å². The van der Waals surface area contributed by atoms with Gasteiger partial charge in [0.25, 0.3) is 0 Å². The second-order valence-electron chi connectivity index (χ2n) is 2.84. The first kappa shape index (κ1) is 8.05. The van der Waals surface area contributed by atoms with Crippen molar-refractivity contribution in [1.29, 1.82) is 0 Å². The molecular weight excluding hydrogens is 140 g/mol. The molecule has 1 rings (SSSR count). The van der Waals surface area contributed by atoms with Crippen LogP contribution < -0.4 is 0 Å². The first-order valence-electron chi connectivity index (χ1n) is 3.78. The van der Waals surface area contributed by atoms with Gasteiger partial charge < -0.3 is 5.11 Å². The molecule has 1 N–H and O–H groups in total. The lowest BCUT2D eigenvalue weighted by Gasteiger charge is -2.16. The lowest BCUT2D eigenvalue weighted by Crippen LogP contribution is -2.19. The Balaban J connectivity index is 2.55. The Morgan fingerprint density at radius 1 is 1.64 bits per heavy atom. The molecule has 0 aliphatic heterocycles. The summed E-state index contributed by atoms with van der Waals surface area (Å²) >= 11 is 0. The summed E-state index contributed by atoms with van der Waals surface area (Å²) in [4.78, 5) is 10.5. The van der Waals surface area contributed by atoms with Gasteiger partial charge in [-0.05, 0) is 12.3 Å². The lowest BCUT2D eigenvalue weighted by molar-refractivity contribution is -0.142. The van der Waals surface area contributed by atoms with E-state index >= 15 is 0 Å². The summed E-state index contributed by atoms with van der Waals surface area (Å²) in [6, 6.07) is 0. The second kappa shape index (κ2) is 3.37. The second-order valence-corrected chi connectivity index (χ2v) is 2.84. The molecule has 1 aliphatic rings. The van der Waals surface area contributed by atoms with Gasteiger partial charge in [0.15, 0.2) is 0 Å². The largest absolute Gasteiger partial charge is 0.481 e. The molecule has 0 fully saturated rings. The van der Waals surface area contributed by atoms with E-state index in [2.05, 4.69) is 0 Å². The predicted octanol–water partition coefficient (Wildman–Crippen LogP) is 1.84. The number of aliphatic carboxylic acids is 1. The quantitative estimate of drug-likeness (QED) is 0.655. The first-order chi connectivity index (χ1) is 5.22. The number of carboxylic acids is 1. The highest BCUT2D eigenvalue weighted by atomic mass is 16.4. The van der Waals surface area contributed by atoms with Crippen LogP contribution in [0.5, 0.6) is 0 Å². The van der Waals surface area contributed by atoms with E-state index in [0.29, 0.717) is 0 Å². The Labute approximate surface area is 66.2 Å². The topological polar surface area (TPSA) is 37.3 Å². The number of rotatable bonds is 2. The van der Waals surface area contributed by atoms with Gasteiger partial charge in [-0.2, -0.15) is 0 Å². The van der Waals surface area contributed by atoms with E-state index in [1.54, 1.807) is 6.92 Å². The van der Waals surface area contributed by atoms with E-state index in [1.165, 1.54) is 0 Å². The average Bonchev–Trinajstić information content (AvgIpc) is 2.05. The highest BCUT2D eigenvalue weighted by Gasteiger charge is 2.20. The van der Waals surface area contributed by atoms with Gasteiger partial charge in [-0.25, -0.2) is 0 Å². The maximum atomic E-state index is 10.5. The molecule has 0 heterocycles. The minimum atomic E-state index is -0.713. The zero-order valence-corrected chi connectivity index (χ0v) is 6.53. The van der Waals surface area contributed by atoms with Gasteiger partial charge in [0, 0.05) is 0 Å². The van der Waals surface area contributed by atoms with Crippen LogP contribution in [0.2, 0.25) is 0 Å². The van der Waals surface area contributed by atoms with Crippen LogP contribution in [0.1, 0.15) is 13.3 Å². The molecule has 0 aromatic carbocycles. The van der Waals surface area contributed by atoms with Crippen molar-refractivity contribution in [3.05, 3.63) is 24.3 Å². The minimum Gasteiger partial charge on any atom is -0.481 e. The number of carboxylic acid groups (broad SMARTS) is 1. The standard InChI is InChI=1S/C9H12O2/c1-7(9(10)11)8-5-3-2-4-6-8/h2-5,7-8H,6H2,1H3,(H,10,11). The van der Waals surface area contributed by atoms with Crippen molar-refractivity contribution < 1.29 is 9.90 Å². The molecule has 0 amide bonds. The van der Waals surface area contributed by atoms with Crippen molar-refractivity contribution in [3.8, 4) is 0 Å². The fourth-order valence-electron chi connectivity index (χ4n) is 1.15. The summed E-state index contributed by atoms with van der Waals surface area (Å²) in [5.41, 5.74) is 0. The van der Waals surface area contributed by atoms with E-state index < -0.39 is 5.97 Å². The van der Waals surface area contributed by atoms with Crippen molar-refractivity contribution >= 4 is 5.97 Å². The summed E-state index contributed by atoms with van der Waals surface area (Å²) in [5.74, 6) is -0.802. The van der Waals surface area contributed by atoms with Crippen molar-refractivity contribution in [2.75, 3.05) is 0 Å². The van der Waals surface area contributed by atoms with E-state index in [-0.39, 0.29) is 11.8 Å². The molecule has 60 valence electrons. The van der Waals surface area contributed by atoms with Crippen molar-refractivity contribution in [2.24, 2.45) is 11.8 Å². The number of hydrogen-bond acceptors (Lipinski definition) is 1. The number of allylic oxidation sites excluding steroid dienone is 4. The molecule has 2 heteroatoms. The Kier molecular flexibility index (Phi) is 2.47. The van der Waals surface area contributed by atoms with Crippen LogP contribution >= 0.6 is 0 Å². The highest BCUT2D eigenvalue weighted by Crippen LogP contribution is 2.20. The maximum Gasteiger partial charge on any atom is 0.306 e. The molecule has 11 heavy (non-hydrogen) atoms. The molecule has 2 unspecified atom stereocenters. The smallest absolute Gasteiger partial charge is 0.306 e. The molecular formula is C9H12O2. The van der Waals surface area contributed by atoms with Crippen molar-refractivity contribution in [1.82, 2.24) is 0 Å². The van der Waals surface area contributed by atoms with Gasteiger partial charge in [0.1, 0.15) is 0 Å². The van der Waals surface area contributed by atoms with Crippen molar-refractivity contribution in [3.63, 3.8) is 0 Å². The number of carbonyl (C=O) groups is 1. The van der Waals surface area contributed by atoms with Crippen LogP contribution in [0.4, 0.5) is 0 Å². The Morgan fingerprint density at radius 3 is 2.82 bits per heavy atom. The molecule has 0 saturated carbocycles. The predicted molar refractivity (Wildman–Crippen MR) is 43.2 cm³/mol. The summed E-state index contributed by atoms with van der Waals surface area (Å²) < 4.78 is 0. The summed E-state index contributed by atoms with van der Waals surface area (Å²) in [6.07, 6.45) is 8.67. The SMILES string of the molecule is CC(C(=O)O)C1C=CC=CC1. The normalized spacial score (nSPS) is 25.0. The molecule has 0 spiro atoms. The fraction of sp³-hybridized carbons (Fsp3) is 0.444. The van der Waals surface area contributed by atoms with Gasteiger partial charge in [-0.15, -0.1) is 0 Å². The molecule has 0 aromatic rings. The zero-order chi connectivity index (χ0) is 8.27. The minimum absolute atomic E-state index is 0.178. The summed E-state index contributed by atoms with van der Waals surface area (Å²) in [5, 5.41) is 8.68. The molecule has 0 aromatic heterocycles. The summed E-state index contributed by atoms with van der Waals surface area (Å²) in [6.45, 7) is 1.75. The van der Waals surface area contributed by atoms with Crippen LogP contribution in [0.25, 0.3) is 0 Å². The monoisotopic (exact) mass is 152 g/mol. The van der Waals surface area contributed by atoms with Crippen molar-refractivity contribution in [2.45, 2.75) is 13.3 Å². The Hall–Kier alpha value is -1.05. The first-order valence-corrected chi connectivity index (χ1v) is 3.78. The summed E-state index contributed by atoms with van der Waals surface area (Å²) in [7, 11) is 0. The average molecular weight is 152 g/mol. The molecule has 0 bridgehead atoms. The fourth-order valence-corrected chi connectivity index (χ4v) is 1.15. The third-order valence-electron chi connectivity index (χ3n) is 2.05. The van der Waals surface area contributed by atoms with Gasteiger partial charge >= 0.3 is 5.97 Å². The molecule has 1 aliphatic carbocycles. The third-order valence-corrected chi connectivity index (χ3v) is 2.05. The van der Waals surface area contributed by atoms with Crippen LogP contribution in [-0.4, -0.2) is 11.1 Å². The molecule has 2 nitrogen and oxygen atoms in total. The van der Waals surface area contributed by atoms with Crippen LogP contribution in [0.15, 0.2) is 24.3 Å². The van der Waals surface area contributed by atoms with Gasteiger partial charge in [-0.3, -0.25) is 4.79 Å². The molecule has 2 atom stereocenters.